The van der Waals surface area contributed by atoms with Gasteiger partial charge >= 0.3 is 88.7 Å². The first kappa shape index (κ1) is 55.2. The molecule has 21 nitrogen and oxygen atoms in total. The SMILES string of the molecule is O=C([O-])[C@H](O)[C@@H](O)[C@H](O)[C@H](O)CO.O=C([O-])[C@H](O)[C@@H](O)[C@H](O)[C@H](O)CO.O=C([O-])[C@H](O)[C@@H](O)[C@H](O)[C@H](O)CO.[Na+].[Na+].[Na+]. The predicted octanol–water partition coefficient (Wildman–Crippen LogP) is -23.5. The summed E-state index contributed by atoms with van der Waals surface area (Å²) in [5.41, 5.74) is 0. The van der Waals surface area contributed by atoms with E-state index in [1.165, 1.54) is 0 Å². The molecule has 0 amide bonds. The Morgan fingerprint density at radius 2 is 0.524 bits per heavy atom. The van der Waals surface area contributed by atoms with Gasteiger partial charge in [-0.2, -0.15) is 0 Å². The maximum Gasteiger partial charge on any atom is 1.00 e. The van der Waals surface area contributed by atoms with Gasteiger partial charge in [0.25, 0.3) is 0 Å². The van der Waals surface area contributed by atoms with E-state index in [0.717, 1.165) is 0 Å². The molecule has 42 heavy (non-hydrogen) atoms. The van der Waals surface area contributed by atoms with E-state index in [1.54, 1.807) is 0 Å². The largest absolute Gasteiger partial charge is 1.00 e. The van der Waals surface area contributed by atoms with Crippen LogP contribution in [0.4, 0.5) is 0 Å². The summed E-state index contributed by atoms with van der Waals surface area (Å²) in [6.07, 6.45) is -24.2. The molecule has 0 aromatic rings. The summed E-state index contributed by atoms with van der Waals surface area (Å²) in [5.74, 6) is -5.93. The Kier molecular flexibility index (Phi) is 38.4. The Labute approximate surface area is 303 Å². The van der Waals surface area contributed by atoms with Gasteiger partial charge < -0.3 is 106 Å². The second-order valence-electron chi connectivity index (χ2n) is 7.48. The third kappa shape index (κ3) is 21.5. The third-order valence-corrected chi connectivity index (χ3v) is 4.49. The first-order valence-electron chi connectivity index (χ1n) is 10.4. The van der Waals surface area contributed by atoms with Crippen LogP contribution in [0.5, 0.6) is 0 Å². The number of hydrogen-bond donors (Lipinski definition) is 15. The minimum atomic E-state index is -2.31. The van der Waals surface area contributed by atoms with Crippen molar-refractivity contribution in [2.45, 2.75) is 73.2 Å². The van der Waals surface area contributed by atoms with Crippen LogP contribution in [0.2, 0.25) is 0 Å². The molecule has 15 N–H and O–H groups in total. The number of aliphatic carboxylic acids is 3. The topological polar surface area (TPSA) is 424 Å². The zero-order valence-electron chi connectivity index (χ0n) is 22.7. The first-order chi connectivity index (χ1) is 17.7. The van der Waals surface area contributed by atoms with Crippen LogP contribution in [-0.4, -0.2) is 188 Å². The number of carboxylic acids is 3. The van der Waals surface area contributed by atoms with Gasteiger partial charge in [-0.3, -0.25) is 0 Å². The minimum Gasteiger partial charge on any atom is -0.547 e. The molecule has 0 aliphatic rings. The monoisotopic (exact) mass is 654 g/mol. The van der Waals surface area contributed by atoms with Gasteiger partial charge in [-0.15, -0.1) is 0 Å². The second kappa shape index (κ2) is 29.2. The Bertz CT molecular complexity index is 617. The van der Waals surface area contributed by atoms with Crippen molar-refractivity contribution in [3.05, 3.63) is 0 Å². The third-order valence-electron chi connectivity index (χ3n) is 4.49. The van der Waals surface area contributed by atoms with Crippen molar-refractivity contribution in [2.75, 3.05) is 19.8 Å². The predicted molar refractivity (Wildman–Crippen MR) is 108 cm³/mol. The molecule has 0 radical (unpaired) electrons. The minimum absolute atomic E-state index is 0. The van der Waals surface area contributed by atoms with Crippen LogP contribution in [0.15, 0.2) is 0 Å². The van der Waals surface area contributed by atoms with Gasteiger partial charge in [0.1, 0.15) is 73.2 Å². The average molecular weight is 654 g/mol. The normalized spacial score (nSPS) is 18.9. The summed E-state index contributed by atoms with van der Waals surface area (Å²) < 4.78 is 0. The van der Waals surface area contributed by atoms with Crippen molar-refractivity contribution in [3.63, 3.8) is 0 Å². The summed E-state index contributed by atoms with van der Waals surface area (Å²) in [6, 6.07) is 0. The molecule has 0 rings (SSSR count). The Balaban J connectivity index is -0.000000112. The van der Waals surface area contributed by atoms with Gasteiger partial charge in [-0.1, -0.05) is 0 Å². The van der Waals surface area contributed by atoms with E-state index in [4.69, 9.17) is 76.6 Å². The second-order valence-corrected chi connectivity index (χ2v) is 7.48. The van der Waals surface area contributed by atoms with Crippen molar-refractivity contribution < 1.29 is 195 Å². The van der Waals surface area contributed by atoms with Crippen molar-refractivity contribution in [1.82, 2.24) is 0 Å². The molecular formula is C18H33Na3O21. The van der Waals surface area contributed by atoms with Crippen LogP contribution in [-0.2, 0) is 14.4 Å². The summed E-state index contributed by atoms with van der Waals surface area (Å²) >= 11 is 0. The molecular weight excluding hydrogens is 621 g/mol. The molecule has 0 heterocycles. The van der Waals surface area contributed by atoms with Crippen molar-refractivity contribution in [1.29, 1.82) is 0 Å². The molecule has 0 aliphatic heterocycles. The smallest absolute Gasteiger partial charge is 0.547 e. The van der Waals surface area contributed by atoms with Gasteiger partial charge in [0, 0.05) is 0 Å². The Morgan fingerprint density at radius 1 is 0.381 bits per heavy atom. The quantitative estimate of drug-likeness (QED) is 0.0728. The number of carboxylic acid groups (broad SMARTS) is 3. The molecule has 0 spiro atoms. The fourth-order valence-electron chi connectivity index (χ4n) is 1.99. The maximum absolute atomic E-state index is 9.98. The standard InChI is InChI=1S/3C6H12O7.3Na/c3*7-1-2(8)3(9)4(10)5(11)6(12)13;;;/h3*2-5,7-11H,1H2,(H,12,13);;;/q;;;3*+1/p-3/t3*2-,3-,4+,5-;;;/m111.../s1. The molecule has 0 aromatic carbocycles. The fourth-order valence-corrected chi connectivity index (χ4v) is 1.99. The van der Waals surface area contributed by atoms with E-state index in [0.29, 0.717) is 0 Å². The number of aliphatic hydroxyl groups is 15. The zero-order valence-corrected chi connectivity index (χ0v) is 28.7. The van der Waals surface area contributed by atoms with Crippen molar-refractivity contribution >= 4 is 17.9 Å². The summed E-state index contributed by atoms with van der Waals surface area (Å²) in [4.78, 5) is 29.9. The van der Waals surface area contributed by atoms with Gasteiger partial charge in [0.15, 0.2) is 0 Å². The molecule has 0 unspecified atom stereocenters. The van der Waals surface area contributed by atoms with Crippen LogP contribution in [0.1, 0.15) is 0 Å². The van der Waals surface area contributed by atoms with Gasteiger partial charge in [-0.25, -0.2) is 0 Å². The molecule has 12 atom stereocenters. The van der Waals surface area contributed by atoms with E-state index in [-0.39, 0.29) is 88.7 Å². The summed E-state index contributed by atoms with van der Waals surface area (Å²) in [6.45, 7) is -2.59. The Hall–Kier alpha value is 0.810. The van der Waals surface area contributed by atoms with Crippen LogP contribution in [0, 0.1) is 0 Å². The summed E-state index contributed by atoms with van der Waals surface area (Å²) in [7, 11) is 0. The van der Waals surface area contributed by atoms with E-state index in [9.17, 15) is 29.7 Å². The maximum atomic E-state index is 9.98. The van der Waals surface area contributed by atoms with Gasteiger partial charge in [0.2, 0.25) is 0 Å². The van der Waals surface area contributed by atoms with E-state index >= 15 is 0 Å². The van der Waals surface area contributed by atoms with E-state index in [2.05, 4.69) is 0 Å². The molecule has 234 valence electrons. The van der Waals surface area contributed by atoms with Crippen molar-refractivity contribution in [3.8, 4) is 0 Å². The number of rotatable bonds is 15. The molecule has 0 saturated carbocycles. The average Bonchev–Trinajstić information content (AvgIpc) is 2.92. The molecule has 0 bridgehead atoms. The number of hydrogen-bond acceptors (Lipinski definition) is 21. The van der Waals surface area contributed by atoms with Crippen LogP contribution < -0.4 is 104 Å². The molecule has 0 aromatic heterocycles. The molecule has 0 fully saturated rings. The zero-order chi connectivity index (χ0) is 31.8. The number of carbonyl (C=O) groups is 3. The molecule has 0 saturated heterocycles. The molecule has 0 aliphatic carbocycles. The first-order valence-corrected chi connectivity index (χ1v) is 10.4. The van der Waals surface area contributed by atoms with E-state index < -0.39 is 111 Å². The number of carbonyl (C=O) groups excluding carboxylic acids is 3. The number of aliphatic hydroxyl groups excluding tert-OH is 15. The van der Waals surface area contributed by atoms with Gasteiger partial charge in [0.05, 0.1) is 37.7 Å². The van der Waals surface area contributed by atoms with Crippen LogP contribution >= 0.6 is 0 Å². The molecule has 24 heteroatoms. The van der Waals surface area contributed by atoms with Gasteiger partial charge in [-0.05, 0) is 0 Å². The Morgan fingerprint density at radius 3 is 0.619 bits per heavy atom. The van der Waals surface area contributed by atoms with Crippen LogP contribution in [0.3, 0.4) is 0 Å². The summed E-state index contributed by atoms with van der Waals surface area (Å²) in [5, 5.41) is 160. The van der Waals surface area contributed by atoms with Crippen molar-refractivity contribution in [2.24, 2.45) is 0 Å². The fraction of sp³-hybridized carbons (Fsp3) is 0.833. The van der Waals surface area contributed by atoms with Crippen LogP contribution in [0.25, 0.3) is 0 Å². The van der Waals surface area contributed by atoms with E-state index in [1.807, 2.05) is 0 Å².